The lowest BCUT2D eigenvalue weighted by Gasteiger charge is -2.33. The number of amides is 1. The second kappa shape index (κ2) is 11.0. The molecule has 1 saturated heterocycles. The Balaban J connectivity index is 1.85. The lowest BCUT2D eigenvalue weighted by molar-refractivity contribution is -0.143. The maximum Gasteiger partial charge on any atom is 0.416 e. The number of para-hydroxylation sites is 1. The minimum Gasteiger partial charge on any atom is -0.496 e. The third kappa shape index (κ3) is 6.28. The molecule has 0 aliphatic carbocycles. The van der Waals surface area contributed by atoms with Crippen LogP contribution in [-0.2, 0) is 22.6 Å². The number of benzene rings is 2. The van der Waals surface area contributed by atoms with Crippen molar-refractivity contribution in [3.63, 3.8) is 0 Å². The Morgan fingerprint density at radius 1 is 1.00 bits per heavy atom. The Morgan fingerprint density at radius 2 is 1.56 bits per heavy atom. The van der Waals surface area contributed by atoms with Crippen molar-refractivity contribution in [3.8, 4) is 16.9 Å². The number of carbonyl (C=O) groups is 1. The van der Waals surface area contributed by atoms with Crippen LogP contribution in [0.25, 0.3) is 11.1 Å². The van der Waals surface area contributed by atoms with Crippen molar-refractivity contribution in [1.29, 1.82) is 0 Å². The highest BCUT2D eigenvalue weighted by molar-refractivity contribution is 6.03. The number of alkyl halides is 6. The number of hydrogen-bond acceptors (Lipinski definition) is 6. The van der Waals surface area contributed by atoms with Crippen LogP contribution in [0.1, 0.15) is 43.9 Å². The van der Waals surface area contributed by atoms with Gasteiger partial charge in [-0.3, -0.25) is 4.79 Å². The predicted molar refractivity (Wildman–Crippen MR) is 148 cm³/mol. The number of nitrogens with zero attached hydrogens (tertiary/aromatic N) is 3. The third-order valence-corrected chi connectivity index (χ3v) is 7.65. The minimum atomic E-state index is -5.08. The lowest BCUT2D eigenvalue weighted by Crippen LogP contribution is -2.43. The molecule has 2 aromatic carbocycles. The summed E-state index contributed by atoms with van der Waals surface area (Å²) in [5.41, 5.74) is -5.76. The highest BCUT2D eigenvalue weighted by Gasteiger charge is 2.43. The Labute approximate surface area is 244 Å². The summed E-state index contributed by atoms with van der Waals surface area (Å²) >= 11 is 0. The number of aromatic nitrogens is 1. The second-order valence-corrected chi connectivity index (χ2v) is 11.2. The number of halogens is 6. The Bertz CT molecular complexity index is 1490. The summed E-state index contributed by atoms with van der Waals surface area (Å²) in [4.78, 5) is 20.9. The van der Waals surface area contributed by atoms with Gasteiger partial charge in [0.25, 0.3) is 0 Å². The summed E-state index contributed by atoms with van der Waals surface area (Å²) < 4.78 is 87.0. The van der Waals surface area contributed by atoms with Gasteiger partial charge in [0.15, 0.2) is 0 Å². The fourth-order valence-corrected chi connectivity index (χ4v) is 5.27. The summed E-state index contributed by atoms with van der Waals surface area (Å²) in [6, 6.07) is 9.48. The van der Waals surface area contributed by atoms with Gasteiger partial charge in [0, 0.05) is 31.1 Å². The van der Waals surface area contributed by atoms with Crippen LogP contribution in [-0.4, -0.2) is 53.6 Å². The fourth-order valence-electron chi connectivity index (χ4n) is 5.27. The van der Waals surface area contributed by atoms with Gasteiger partial charge in [-0.1, -0.05) is 18.2 Å². The van der Waals surface area contributed by atoms with Crippen LogP contribution in [0.5, 0.6) is 5.75 Å². The summed E-state index contributed by atoms with van der Waals surface area (Å²) in [6.07, 6.45) is -9.61. The third-order valence-electron chi connectivity index (χ3n) is 7.65. The number of aliphatic hydroxyl groups is 2. The van der Waals surface area contributed by atoms with Crippen molar-refractivity contribution in [2.24, 2.45) is 0 Å². The maximum absolute atomic E-state index is 13.9. The van der Waals surface area contributed by atoms with Crippen molar-refractivity contribution in [3.05, 3.63) is 71.4 Å². The van der Waals surface area contributed by atoms with Gasteiger partial charge in [-0.2, -0.15) is 26.3 Å². The zero-order valence-electron chi connectivity index (χ0n) is 24.0. The van der Waals surface area contributed by atoms with E-state index >= 15 is 0 Å². The second-order valence-electron chi connectivity index (χ2n) is 11.2. The van der Waals surface area contributed by atoms with Crippen molar-refractivity contribution in [2.75, 3.05) is 30.5 Å². The molecule has 2 heterocycles. The highest BCUT2D eigenvalue weighted by Crippen LogP contribution is 2.43. The monoisotopic (exact) mass is 611 g/mol. The van der Waals surface area contributed by atoms with E-state index in [-0.39, 0.29) is 30.5 Å². The summed E-state index contributed by atoms with van der Waals surface area (Å²) in [7, 11) is 2.78. The molecule has 3 aromatic rings. The number of anilines is 2. The zero-order chi connectivity index (χ0) is 32.1. The van der Waals surface area contributed by atoms with Gasteiger partial charge in [0.1, 0.15) is 17.3 Å². The van der Waals surface area contributed by atoms with Crippen molar-refractivity contribution < 1.29 is 46.1 Å². The molecule has 1 aromatic heterocycles. The first-order valence-electron chi connectivity index (χ1n) is 13.2. The number of ether oxygens (including phenoxy) is 1. The first-order valence-corrected chi connectivity index (χ1v) is 13.2. The molecule has 0 radical (unpaired) electrons. The number of aliphatic hydroxyl groups excluding tert-OH is 1. The average molecular weight is 612 g/mol. The minimum absolute atomic E-state index is 0.0143. The van der Waals surface area contributed by atoms with E-state index in [1.54, 1.807) is 30.3 Å². The molecule has 2 N–H and O–H groups in total. The van der Waals surface area contributed by atoms with Crippen LogP contribution in [0.15, 0.2) is 54.7 Å². The lowest BCUT2D eigenvalue weighted by atomic mass is 9.81. The number of likely N-dealkylation sites (N-methyl/N-ethyl adjacent to an activating group) is 1. The molecule has 232 valence electrons. The van der Waals surface area contributed by atoms with E-state index in [1.807, 2.05) is 0 Å². The van der Waals surface area contributed by atoms with Gasteiger partial charge in [-0.15, -0.1) is 0 Å². The molecular weight excluding hydrogens is 580 g/mol. The van der Waals surface area contributed by atoms with Gasteiger partial charge < -0.3 is 24.7 Å². The molecule has 1 fully saturated rings. The Hall–Kier alpha value is -3.84. The zero-order valence-corrected chi connectivity index (χ0v) is 24.0. The van der Waals surface area contributed by atoms with Crippen molar-refractivity contribution >= 4 is 17.4 Å². The predicted octanol–water partition coefficient (Wildman–Crippen LogP) is 6.01. The van der Waals surface area contributed by atoms with Gasteiger partial charge in [0.05, 0.1) is 41.6 Å². The van der Waals surface area contributed by atoms with Crippen LogP contribution in [0.2, 0.25) is 0 Å². The van der Waals surface area contributed by atoms with Crippen LogP contribution < -0.4 is 14.5 Å². The molecular formula is C30H31F6N3O4. The number of β-amino-alcohol motifs (C(OH)–C–C–N with tert-alkyl or cyclic N) is 1. The van der Waals surface area contributed by atoms with E-state index < -0.39 is 52.2 Å². The van der Waals surface area contributed by atoms with E-state index in [0.29, 0.717) is 29.0 Å². The quantitative estimate of drug-likeness (QED) is 0.332. The standard InChI is InChI=1S/C30H31F6N3O4/c1-27(2,17-10-18(29(31,32)33)12-19(11-17)30(34,35)36)26(41)38(4)23-15-37-25(39-16-20(40)14-28(39,3)42)13-22(23)21-8-6-7-9-24(21)43-5/h6-13,15,20,40,42H,14,16H2,1-5H3. The smallest absolute Gasteiger partial charge is 0.416 e. The van der Waals surface area contributed by atoms with Gasteiger partial charge in [0.2, 0.25) is 5.91 Å². The highest BCUT2D eigenvalue weighted by atomic mass is 19.4. The molecule has 1 aliphatic rings. The summed E-state index contributed by atoms with van der Waals surface area (Å²) in [5.74, 6) is -0.143. The Kier molecular flexibility index (Phi) is 8.22. The van der Waals surface area contributed by atoms with Crippen LogP contribution in [0, 0.1) is 0 Å². The first-order chi connectivity index (χ1) is 19.8. The van der Waals surface area contributed by atoms with E-state index in [0.717, 1.165) is 4.90 Å². The van der Waals surface area contributed by atoms with Crippen molar-refractivity contribution in [2.45, 2.75) is 56.8 Å². The average Bonchev–Trinajstić information content (AvgIpc) is 3.21. The molecule has 13 heteroatoms. The van der Waals surface area contributed by atoms with Gasteiger partial charge >= 0.3 is 12.4 Å². The normalized spacial score (nSPS) is 19.5. The number of methoxy groups -OCH3 is 1. The molecule has 2 atom stereocenters. The van der Waals surface area contributed by atoms with Crippen LogP contribution in [0.3, 0.4) is 0 Å². The number of pyridine rings is 1. The molecule has 43 heavy (non-hydrogen) atoms. The van der Waals surface area contributed by atoms with E-state index in [1.165, 1.54) is 46.0 Å². The van der Waals surface area contributed by atoms with Crippen LogP contribution >= 0.6 is 0 Å². The first kappa shape index (κ1) is 32.1. The molecule has 0 bridgehead atoms. The molecule has 1 aliphatic heterocycles. The summed E-state index contributed by atoms with van der Waals surface area (Å²) in [6.45, 7) is 4.08. The van der Waals surface area contributed by atoms with Crippen LogP contribution in [0.4, 0.5) is 37.8 Å². The molecule has 2 unspecified atom stereocenters. The largest absolute Gasteiger partial charge is 0.496 e. The molecule has 4 rings (SSSR count). The number of carbonyl (C=O) groups excluding carboxylic acids is 1. The van der Waals surface area contributed by atoms with E-state index in [4.69, 9.17) is 4.74 Å². The van der Waals surface area contributed by atoms with E-state index in [2.05, 4.69) is 4.98 Å². The van der Waals surface area contributed by atoms with E-state index in [9.17, 15) is 41.4 Å². The molecule has 7 nitrogen and oxygen atoms in total. The number of hydrogen-bond donors (Lipinski definition) is 2. The topological polar surface area (TPSA) is 86.1 Å². The van der Waals surface area contributed by atoms with Gasteiger partial charge in [-0.05, 0) is 56.7 Å². The molecule has 0 spiro atoms. The molecule has 1 amide bonds. The SMILES string of the molecule is COc1ccccc1-c1cc(N2CC(O)CC2(C)O)ncc1N(C)C(=O)C(C)(C)c1cc(C(F)(F)F)cc(C(F)(F)F)c1. The fraction of sp³-hybridized carbons (Fsp3) is 0.400. The van der Waals surface area contributed by atoms with Gasteiger partial charge in [-0.25, -0.2) is 4.98 Å². The summed E-state index contributed by atoms with van der Waals surface area (Å²) in [5, 5.41) is 21.1. The van der Waals surface area contributed by atoms with Crippen molar-refractivity contribution in [1.82, 2.24) is 4.98 Å². The number of rotatable bonds is 6. The molecule has 0 saturated carbocycles. The maximum atomic E-state index is 13.9. The Morgan fingerprint density at radius 3 is 2.07 bits per heavy atom.